The third-order valence-corrected chi connectivity index (χ3v) is 4.83. The average Bonchev–Trinajstić information content (AvgIpc) is 2.50. The second-order valence-electron chi connectivity index (χ2n) is 7.77. The number of carboxylic acid groups (broad SMARTS) is 1. The van der Waals surface area contributed by atoms with Crippen molar-refractivity contribution in [3.05, 3.63) is 58.7 Å². The molecule has 0 bridgehead atoms. The molecule has 0 aliphatic heterocycles. The van der Waals surface area contributed by atoms with Gasteiger partial charge in [-0.3, -0.25) is 4.79 Å². The monoisotopic (exact) mass is 342 g/mol. The van der Waals surface area contributed by atoms with Crippen molar-refractivity contribution in [3.8, 4) is 0 Å². The Bertz CT molecular complexity index is 610. The van der Waals surface area contributed by atoms with Crippen molar-refractivity contribution >= 4 is 5.97 Å². The van der Waals surface area contributed by atoms with E-state index in [0.717, 1.165) is 6.42 Å². The Labute approximate surface area is 153 Å². The van der Waals surface area contributed by atoms with Gasteiger partial charge < -0.3 is 5.11 Å². The highest BCUT2D eigenvalue weighted by Crippen LogP contribution is 2.40. The standard InChI is InChI=1S/C23H34O2/c1-18(10-6-7-14-22(24)25)11-8-12-19(2)15-16-21-20(3)13-9-17-23(21,4)5/h8,10-12,15-16H,6-7,9,13-14,17H2,1-5H3,(H,24,25). The molecule has 0 amide bonds. The molecule has 0 aromatic rings. The number of hydrogen-bond acceptors (Lipinski definition) is 1. The molecular weight excluding hydrogens is 308 g/mol. The molecule has 0 aromatic carbocycles. The fourth-order valence-electron chi connectivity index (χ4n) is 3.28. The van der Waals surface area contributed by atoms with E-state index in [-0.39, 0.29) is 11.8 Å². The maximum absolute atomic E-state index is 10.5. The smallest absolute Gasteiger partial charge is 0.303 e. The summed E-state index contributed by atoms with van der Waals surface area (Å²) in [5.41, 5.74) is 5.70. The first-order valence-electron chi connectivity index (χ1n) is 9.34. The zero-order chi connectivity index (χ0) is 18.9. The van der Waals surface area contributed by atoms with E-state index < -0.39 is 5.97 Å². The van der Waals surface area contributed by atoms with Gasteiger partial charge in [-0.1, -0.05) is 67.0 Å². The van der Waals surface area contributed by atoms with Crippen LogP contribution >= 0.6 is 0 Å². The summed E-state index contributed by atoms with van der Waals surface area (Å²) in [6.07, 6.45) is 18.4. The Morgan fingerprint density at radius 1 is 1.20 bits per heavy atom. The van der Waals surface area contributed by atoms with E-state index in [1.165, 1.54) is 41.6 Å². The van der Waals surface area contributed by atoms with E-state index in [4.69, 9.17) is 5.11 Å². The molecule has 1 aliphatic carbocycles. The predicted octanol–water partition coefficient (Wildman–Crippen LogP) is 6.77. The fourth-order valence-corrected chi connectivity index (χ4v) is 3.28. The normalized spacial score (nSPS) is 19.2. The van der Waals surface area contributed by atoms with Crippen molar-refractivity contribution in [1.82, 2.24) is 0 Å². The van der Waals surface area contributed by atoms with Gasteiger partial charge >= 0.3 is 5.97 Å². The maximum Gasteiger partial charge on any atom is 0.303 e. The van der Waals surface area contributed by atoms with Crippen molar-refractivity contribution in [1.29, 1.82) is 0 Å². The van der Waals surface area contributed by atoms with E-state index in [1.807, 2.05) is 0 Å². The van der Waals surface area contributed by atoms with Gasteiger partial charge in [0.25, 0.3) is 0 Å². The highest BCUT2D eigenvalue weighted by molar-refractivity contribution is 5.66. The second-order valence-corrected chi connectivity index (χ2v) is 7.77. The Morgan fingerprint density at radius 2 is 1.92 bits per heavy atom. The van der Waals surface area contributed by atoms with Crippen molar-refractivity contribution in [2.75, 3.05) is 0 Å². The van der Waals surface area contributed by atoms with E-state index in [9.17, 15) is 4.79 Å². The predicted molar refractivity (Wildman–Crippen MR) is 108 cm³/mol. The van der Waals surface area contributed by atoms with Crippen molar-refractivity contribution in [3.63, 3.8) is 0 Å². The lowest BCUT2D eigenvalue weighted by molar-refractivity contribution is -0.137. The van der Waals surface area contributed by atoms with Crippen molar-refractivity contribution in [2.24, 2.45) is 5.41 Å². The topological polar surface area (TPSA) is 37.3 Å². The minimum atomic E-state index is -0.724. The molecule has 0 spiro atoms. The first-order chi connectivity index (χ1) is 11.7. The number of carbonyl (C=O) groups is 1. The van der Waals surface area contributed by atoms with Gasteiger partial charge in [-0.05, 0) is 63.9 Å². The quantitative estimate of drug-likeness (QED) is 0.390. The maximum atomic E-state index is 10.5. The molecule has 0 saturated heterocycles. The van der Waals surface area contributed by atoms with Gasteiger partial charge in [-0.15, -0.1) is 0 Å². The number of carboxylic acids is 1. The highest BCUT2D eigenvalue weighted by atomic mass is 16.4. The zero-order valence-electron chi connectivity index (χ0n) is 16.6. The van der Waals surface area contributed by atoms with Gasteiger partial charge in [0.05, 0.1) is 0 Å². The zero-order valence-corrected chi connectivity index (χ0v) is 16.6. The Balaban J connectivity index is 2.60. The van der Waals surface area contributed by atoms with Gasteiger partial charge in [0.15, 0.2) is 0 Å². The van der Waals surface area contributed by atoms with Crippen molar-refractivity contribution in [2.45, 2.75) is 73.1 Å². The minimum Gasteiger partial charge on any atom is -0.481 e. The van der Waals surface area contributed by atoms with Gasteiger partial charge in [-0.25, -0.2) is 0 Å². The van der Waals surface area contributed by atoms with Crippen LogP contribution in [0.2, 0.25) is 0 Å². The third kappa shape index (κ3) is 8.20. The summed E-state index contributed by atoms with van der Waals surface area (Å²) in [6, 6.07) is 0. The molecule has 138 valence electrons. The fraction of sp³-hybridized carbons (Fsp3) is 0.522. The van der Waals surface area contributed by atoms with Crippen LogP contribution in [0, 0.1) is 5.41 Å². The second kappa shape index (κ2) is 10.2. The van der Waals surface area contributed by atoms with Crippen LogP contribution in [0.5, 0.6) is 0 Å². The van der Waals surface area contributed by atoms with E-state index in [1.54, 1.807) is 0 Å². The van der Waals surface area contributed by atoms with Crippen LogP contribution in [0.3, 0.4) is 0 Å². The molecule has 1 N–H and O–H groups in total. The largest absolute Gasteiger partial charge is 0.481 e. The summed E-state index contributed by atoms with van der Waals surface area (Å²) in [5.74, 6) is -0.724. The Kier molecular flexibility index (Phi) is 8.68. The van der Waals surface area contributed by atoms with Crippen LogP contribution in [-0.2, 0) is 4.79 Å². The van der Waals surface area contributed by atoms with Crippen LogP contribution in [0.4, 0.5) is 0 Å². The van der Waals surface area contributed by atoms with Crippen LogP contribution < -0.4 is 0 Å². The van der Waals surface area contributed by atoms with Crippen LogP contribution in [0.1, 0.15) is 73.1 Å². The van der Waals surface area contributed by atoms with Gasteiger partial charge in [0, 0.05) is 6.42 Å². The van der Waals surface area contributed by atoms with E-state index in [2.05, 4.69) is 71.1 Å². The van der Waals surface area contributed by atoms with E-state index >= 15 is 0 Å². The molecule has 0 heterocycles. The molecule has 2 nitrogen and oxygen atoms in total. The molecule has 25 heavy (non-hydrogen) atoms. The molecular formula is C23H34O2. The van der Waals surface area contributed by atoms with Crippen LogP contribution in [-0.4, -0.2) is 11.1 Å². The summed E-state index contributed by atoms with van der Waals surface area (Å²) in [6.45, 7) is 11.1. The number of rotatable bonds is 8. The molecule has 1 rings (SSSR count). The Morgan fingerprint density at radius 3 is 2.56 bits per heavy atom. The lowest BCUT2D eigenvalue weighted by Gasteiger charge is -2.32. The summed E-state index contributed by atoms with van der Waals surface area (Å²) < 4.78 is 0. The summed E-state index contributed by atoms with van der Waals surface area (Å²) >= 11 is 0. The molecule has 0 radical (unpaired) electrons. The summed E-state index contributed by atoms with van der Waals surface area (Å²) in [5, 5.41) is 8.62. The summed E-state index contributed by atoms with van der Waals surface area (Å²) in [4.78, 5) is 10.5. The number of hydrogen-bond donors (Lipinski definition) is 1. The lowest BCUT2D eigenvalue weighted by atomic mass is 9.72. The minimum absolute atomic E-state index is 0.239. The average molecular weight is 343 g/mol. The number of unbranched alkanes of at least 4 members (excludes halogenated alkanes) is 1. The number of allylic oxidation sites excluding steroid dienone is 10. The molecule has 1 aliphatic rings. The SMILES string of the molecule is CC(C=CC1=C(C)CCCC1(C)C)=CC=CC(C)=CCCCC(=O)O. The number of aliphatic carboxylic acids is 1. The first kappa shape index (κ1) is 21.2. The molecule has 0 atom stereocenters. The van der Waals surface area contributed by atoms with Gasteiger partial charge in [-0.2, -0.15) is 0 Å². The lowest BCUT2D eigenvalue weighted by Crippen LogP contribution is -2.19. The van der Waals surface area contributed by atoms with Crippen LogP contribution in [0.25, 0.3) is 0 Å². The molecule has 0 fully saturated rings. The third-order valence-electron chi connectivity index (χ3n) is 4.83. The van der Waals surface area contributed by atoms with Crippen LogP contribution in [0.15, 0.2) is 58.7 Å². The van der Waals surface area contributed by atoms with Crippen molar-refractivity contribution < 1.29 is 9.90 Å². The molecule has 0 unspecified atom stereocenters. The summed E-state index contributed by atoms with van der Waals surface area (Å²) in [7, 11) is 0. The molecule has 0 saturated carbocycles. The highest BCUT2D eigenvalue weighted by Gasteiger charge is 2.26. The van der Waals surface area contributed by atoms with E-state index in [0.29, 0.717) is 6.42 Å². The molecule has 0 aromatic heterocycles. The molecule has 2 heteroatoms. The first-order valence-corrected chi connectivity index (χ1v) is 9.34. The van der Waals surface area contributed by atoms with Gasteiger partial charge in [0.1, 0.15) is 0 Å². The Hall–Kier alpha value is -1.83. The van der Waals surface area contributed by atoms with Gasteiger partial charge in [0.2, 0.25) is 0 Å².